The first kappa shape index (κ1) is 11.7. The molecule has 6 heteroatoms. The van der Waals surface area contributed by atoms with E-state index in [9.17, 15) is 4.79 Å². The van der Waals surface area contributed by atoms with Gasteiger partial charge in [0.05, 0.1) is 9.99 Å². The second kappa shape index (κ2) is 5.50. The molecule has 0 aliphatic rings. The summed E-state index contributed by atoms with van der Waals surface area (Å²) in [6.07, 6.45) is 3.33. The van der Waals surface area contributed by atoms with Crippen molar-refractivity contribution in [1.29, 1.82) is 0 Å². The summed E-state index contributed by atoms with van der Waals surface area (Å²) in [4.78, 5) is 18.4. The van der Waals surface area contributed by atoms with Gasteiger partial charge in [-0.1, -0.05) is 6.92 Å². The third-order valence-electron chi connectivity index (χ3n) is 1.41. The Kier molecular flexibility index (Phi) is 4.59. The Hall–Kier alpha value is -0.370. The zero-order chi connectivity index (χ0) is 10.6. The number of carboxylic acids is 1. The lowest BCUT2D eigenvalue weighted by Gasteiger charge is -2.07. The summed E-state index contributed by atoms with van der Waals surface area (Å²) in [5, 5.41) is 9.45. The quantitative estimate of drug-likeness (QED) is 0.522. The predicted octanol–water partition coefficient (Wildman–Crippen LogP) is 2.04. The molecule has 0 spiro atoms. The molecule has 0 radical (unpaired) electrons. The third-order valence-corrected chi connectivity index (χ3v) is 3.68. The maximum Gasteiger partial charge on any atom is 0.304 e. The van der Waals surface area contributed by atoms with Gasteiger partial charge in [0.25, 0.3) is 0 Å². The van der Waals surface area contributed by atoms with Gasteiger partial charge in [-0.05, 0) is 22.6 Å². The first-order chi connectivity index (χ1) is 6.59. The minimum atomic E-state index is -0.783. The fraction of sp³-hybridized carbons (Fsp3) is 0.375. The van der Waals surface area contributed by atoms with E-state index in [4.69, 9.17) is 5.11 Å². The van der Waals surface area contributed by atoms with Crippen molar-refractivity contribution in [3.63, 3.8) is 0 Å². The molecule has 1 N–H and O–H groups in total. The van der Waals surface area contributed by atoms with Crippen molar-refractivity contribution >= 4 is 40.3 Å². The smallest absolute Gasteiger partial charge is 0.304 e. The lowest BCUT2D eigenvalue weighted by molar-refractivity contribution is -0.136. The Morgan fingerprint density at radius 2 is 2.50 bits per heavy atom. The number of thioether (sulfide) groups is 1. The molecule has 1 atom stereocenters. The number of carbonyl (C=O) groups is 1. The van der Waals surface area contributed by atoms with Crippen molar-refractivity contribution < 1.29 is 9.90 Å². The maximum absolute atomic E-state index is 10.4. The van der Waals surface area contributed by atoms with Crippen molar-refractivity contribution in [2.45, 2.75) is 23.6 Å². The monoisotopic (exact) mass is 324 g/mol. The zero-order valence-corrected chi connectivity index (χ0v) is 10.4. The minimum Gasteiger partial charge on any atom is -0.481 e. The molecule has 1 unspecified atom stereocenters. The van der Waals surface area contributed by atoms with Crippen molar-refractivity contribution in [2.24, 2.45) is 0 Å². The largest absolute Gasteiger partial charge is 0.481 e. The highest BCUT2D eigenvalue weighted by atomic mass is 127. The fourth-order valence-corrected chi connectivity index (χ4v) is 2.43. The van der Waals surface area contributed by atoms with Crippen LogP contribution in [0.5, 0.6) is 0 Å². The SMILES string of the molecule is CC(CC(=O)O)Sc1ncncc1I. The van der Waals surface area contributed by atoms with Crippen LogP contribution >= 0.6 is 34.4 Å². The van der Waals surface area contributed by atoms with Gasteiger partial charge in [-0.15, -0.1) is 11.8 Å². The van der Waals surface area contributed by atoms with Gasteiger partial charge in [-0.2, -0.15) is 0 Å². The van der Waals surface area contributed by atoms with Crippen LogP contribution in [0.2, 0.25) is 0 Å². The molecule has 14 heavy (non-hydrogen) atoms. The van der Waals surface area contributed by atoms with E-state index in [1.807, 2.05) is 6.92 Å². The normalized spacial score (nSPS) is 12.4. The number of aromatic nitrogens is 2. The Balaban J connectivity index is 2.60. The molecule has 1 aromatic rings. The third kappa shape index (κ3) is 3.79. The van der Waals surface area contributed by atoms with E-state index in [2.05, 4.69) is 32.6 Å². The molecule has 0 aliphatic carbocycles. The summed E-state index contributed by atoms with van der Waals surface area (Å²) in [6.45, 7) is 1.87. The van der Waals surface area contributed by atoms with Crippen LogP contribution in [0.25, 0.3) is 0 Å². The van der Waals surface area contributed by atoms with E-state index in [1.165, 1.54) is 18.1 Å². The highest BCUT2D eigenvalue weighted by molar-refractivity contribution is 14.1. The molecular formula is C8H9IN2O2S. The lowest BCUT2D eigenvalue weighted by Crippen LogP contribution is -2.06. The van der Waals surface area contributed by atoms with Crippen LogP contribution in [0.15, 0.2) is 17.6 Å². The van der Waals surface area contributed by atoms with Crippen molar-refractivity contribution in [2.75, 3.05) is 0 Å². The summed E-state index contributed by atoms with van der Waals surface area (Å²) >= 11 is 3.59. The van der Waals surface area contributed by atoms with Crippen molar-refractivity contribution in [1.82, 2.24) is 9.97 Å². The van der Waals surface area contributed by atoms with Crippen LogP contribution < -0.4 is 0 Å². The second-order valence-corrected chi connectivity index (χ2v) is 5.29. The average molecular weight is 324 g/mol. The number of hydrogen-bond donors (Lipinski definition) is 1. The van der Waals surface area contributed by atoms with E-state index in [0.29, 0.717) is 0 Å². The van der Waals surface area contributed by atoms with E-state index in [0.717, 1.165) is 8.60 Å². The molecule has 76 valence electrons. The number of rotatable bonds is 4. The number of hydrogen-bond acceptors (Lipinski definition) is 4. The molecule has 0 aliphatic heterocycles. The Morgan fingerprint density at radius 3 is 3.07 bits per heavy atom. The van der Waals surface area contributed by atoms with Crippen LogP contribution in [-0.2, 0) is 4.79 Å². The fourth-order valence-electron chi connectivity index (χ4n) is 0.866. The van der Waals surface area contributed by atoms with Gasteiger partial charge in [0.15, 0.2) is 0 Å². The number of nitrogens with zero attached hydrogens (tertiary/aromatic N) is 2. The molecular weight excluding hydrogens is 315 g/mol. The minimum absolute atomic E-state index is 0.0240. The zero-order valence-electron chi connectivity index (χ0n) is 7.48. The van der Waals surface area contributed by atoms with E-state index >= 15 is 0 Å². The Labute approximate surface area is 99.7 Å². The molecule has 1 aromatic heterocycles. The summed E-state index contributed by atoms with van der Waals surface area (Å²) < 4.78 is 0.951. The molecule has 0 amide bonds. The summed E-state index contributed by atoms with van der Waals surface area (Å²) in [7, 11) is 0. The molecule has 4 nitrogen and oxygen atoms in total. The van der Waals surface area contributed by atoms with Gasteiger partial charge >= 0.3 is 5.97 Å². The highest BCUT2D eigenvalue weighted by Crippen LogP contribution is 2.26. The van der Waals surface area contributed by atoms with Gasteiger partial charge in [-0.3, -0.25) is 4.79 Å². The topological polar surface area (TPSA) is 63.1 Å². The van der Waals surface area contributed by atoms with Crippen molar-refractivity contribution in [3.8, 4) is 0 Å². The lowest BCUT2D eigenvalue weighted by atomic mass is 10.3. The van der Waals surface area contributed by atoms with Gasteiger partial charge in [0.1, 0.15) is 11.4 Å². The van der Waals surface area contributed by atoms with E-state index in [-0.39, 0.29) is 11.7 Å². The number of aliphatic carboxylic acids is 1. The predicted molar refractivity (Wildman–Crippen MR) is 62.3 cm³/mol. The first-order valence-electron chi connectivity index (χ1n) is 3.93. The molecule has 0 saturated carbocycles. The number of halogens is 1. The van der Waals surface area contributed by atoms with Gasteiger partial charge in [-0.25, -0.2) is 9.97 Å². The van der Waals surface area contributed by atoms with Crippen LogP contribution in [0.4, 0.5) is 0 Å². The van der Waals surface area contributed by atoms with Crippen LogP contribution in [0.1, 0.15) is 13.3 Å². The molecule has 0 fully saturated rings. The summed E-state index contributed by atoms with van der Waals surface area (Å²) in [5.74, 6) is -0.783. The van der Waals surface area contributed by atoms with Crippen LogP contribution in [0.3, 0.4) is 0 Å². The second-order valence-electron chi connectivity index (χ2n) is 2.70. The average Bonchev–Trinajstić information content (AvgIpc) is 2.07. The Bertz CT molecular complexity index is 335. The summed E-state index contributed by atoms with van der Waals surface area (Å²) in [6, 6.07) is 0. The molecule has 0 bridgehead atoms. The van der Waals surface area contributed by atoms with Crippen LogP contribution in [-0.4, -0.2) is 26.3 Å². The van der Waals surface area contributed by atoms with E-state index in [1.54, 1.807) is 6.20 Å². The van der Waals surface area contributed by atoms with Gasteiger partial charge in [0, 0.05) is 11.4 Å². The maximum atomic E-state index is 10.4. The molecule has 0 aromatic carbocycles. The molecule has 0 saturated heterocycles. The van der Waals surface area contributed by atoms with Crippen molar-refractivity contribution in [3.05, 3.63) is 16.1 Å². The molecule has 1 rings (SSSR count). The Morgan fingerprint density at radius 1 is 1.79 bits per heavy atom. The number of carboxylic acid groups (broad SMARTS) is 1. The van der Waals surface area contributed by atoms with E-state index < -0.39 is 5.97 Å². The van der Waals surface area contributed by atoms with Gasteiger partial charge in [0.2, 0.25) is 0 Å². The summed E-state index contributed by atoms with van der Waals surface area (Å²) in [5.41, 5.74) is 0. The van der Waals surface area contributed by atoms with Gasteiger partial charge < -0.3 is 5.11 Å². The highest BCUT2D eigenvalue weighted by Gasteiger charge is 2.11. The van der Waals surface area contributed by atoms with Crippen LogP contribution in [0, 0.1) is 3.57 Å². The first-order valence-corrected chi connectivity index (χ1v) is 5.89. The standard InChI is InChI=1S/C8H9IN2O2S/c1-5(2-7(12)13)14-8-6(9)3-10-4-11-8/h3-5H,2H2,1H3,(H,12,13). The molecule has 1 heterocycles.